The summed E-state index contributed by atoms with van der Waals surface area (Å²) >= 11 is 0. The average molecular weight is 304 g/mol. The van der Waals surface area contributed by atoms with Gasteiger partial charge in [0.25, 0.3) is 0 Å². The van der Waals surface area contributed by atoms with Crippen LogP contribution >= 0.6 is 0 Å². The summed E-state index contributed by atoms with van der Waals surface area (Å²) in [6.45, 7) is 9.69. The van der Waals surface area contributed by atoms with Gasteiger partial charge in [0.05, 0.1) is 13.2 Å². The van der Waals surface area contributed by atoms with Gasteiger partial charge in [0.2, 0.25) is 0 Å². The average Bonchev–Trinajstić information content (AvgIpc) is 2.53. The van der Waals surface area contributed by atoms with Crippen LogP contribution in [-0.4, -0.2) is 50.3 Å². The smallest absolute Gasteiger partial charge is 0.191 e. The Kier molecular flexibility index (Phi) is 6.68. The molecule has 5 nitrogen and oxygen atoms in total. The Hall–Kier alpha value is -1.59. The molecule has 122 valence electrons. The first-order valence-corrected chi connectivity index (χ1v) is 8.03. The van der Waals surface area contributed by atoms with E-state index in [0.717, 1.165) is 45.4 Å². The fourth-order valence-electron chi connectivity index (χ4n) is 2.53. The van der Waals surface area contributed by atoms with Crippen molar-refractivity contribution in [1.82, 2.24) is 15.5 Å². The summed E-state index contributed by atoms with van der Waals surface area (Å²) in [6.07, 6.45) is 0. The van der Waals surface area contributed by atoms with Crippen molar-refractivity contribution >= 4 is 5.96 Å². The van der Waals surface area contributed by atoms with Crippen LogP contribution in [0.1, 0.15) is 25.0 Å². The molecule has 1 aliphatic rings. The number of benzene rings is 1. The third kappa shape index (κ3) is 5.31. The van der Waals surface area contributed by atoms with Crippen molar-refractivity contribution < 1.29 is 4.74 Å². The van der Waals surface area contributed by atoms with Crippen LogP contribution in [0.2, 0.25) is 0 Å². The van der Waals surface area contributed by atoms with E-state index in [1.54, 1.807) is 7.05 Å². The predicted molar refractivity (Wildman–Crippen MR) is 91.0 cm³/mol. The van der Waals surface area contributed by atoms with Crippen LogP contribution < -0.4 is 10.6 Å². The van der Waals surface area contributed by atoms with E-state index in [0.29, 0.717) is 6.04 Å². The molecule has 1 heterocycles. The largest absolute Gasteiger partial charge is 0.379 e. The number of ether oxygens (including phenoxy) is 1. The first-order valence-electron chi connectivity index (χ1n) is 8.03. The molecule has 0 radical (unpaired) electrons. The maximum atomic E-state index is 5.42. The lowest BCUT2D eigenvalue weighted by Gasteiger charge is -2.27. The molecule has 5 heteroatoms. The van der Waals surface area contributed by atoms with Gasteiger partial charge in [0.15, 0.2) is 5.96 Å². The van der Waals surface area contributed by atoms with Crippen LogP contribution in [0.15, 0.2) is 29.3 Å². The summed E-state index contributed by atoms with van der Waals surface area (Å²) in [5, 5.41) is 6.70. The summed E-state index contributed by atoms with van der Waals surface area (Å²) < 4.78 is 5.42. The first kappa shape index (κ1) is 16.8. The highest BCUT2D eigenvalue weighted by Gasteiger charge is 2.12. The topological polar surface area (TPSA) is 48.9 Å². The van der Waals surface area contributed by atoms with Crippen molar-refractivity contribution in [3.8, 4) is 0 Å². The van der Waals surface area contributed by atoms with Gasteiger partial charge in [-0.3, -0.25) is 9.89 Å². The van der Waals surface area contributed by atoms with Crippen LogP contribution in [0.3, 0.4) is 0 Å². The zero-order chi connectivity index (χ0) is 15.8. The van der Waals surface area contributed by atoms with Gasteiger partial charge >= 0.3 is 0 Å². The zero-order valence-electron chi connectivity index (χ0n) is 13.9. The van der Waals surface area contributed by atoms with E-state index >= 15 is 0 Å². The van der Waals surface area contributed by atoms with E-state index < -0.39 is 0 Å². The fraction of sp³-hybridized carbons (Fsp3) is 0.588. The quantitative estimate of drug-likeness (QED) is 0.641. The Morgan fingerprint density at radius 3 is 2.55 bits per heavy atom. The molecule has 1 fully saturated rings. The lowest BCUT2D eigenvalue weighted by atomic mass is 10.1. The van der Waals surface area contributed by atoms with E-state index in [-0.39, 0.29) is 0 Å². The minimum absolute atomic E-state index is 0.370. The zero-order valence-corrected chi connectivity index (χ0v) is 13.9. The highest BCUT2D eigenvalue weighted by atomic mass is 16.5. The Bertz CT molecular complexity index is 481. The van der Waals surface area contributed by atoms with Crippen molar-refractivity contribution in [3.63, 3.8) is 0 Å². The number of morpholine rings is 1. The highest BCUT2D eigenvalue weighted by Crippen LogP contribution is 2.12. The van der Waals surface area contributed by atoms with Crippen molar-refractivity contribution in [2.24, 2.45) is 4.99 Å². The Morgan fingerprint density at radius 2 is 1.91 bits per heavy atom. The molecule has 1 aromatic rings. The molecule has 0 aromatic heterocycles. The van der Waals surface area contributed by atoms with E-state index in [2.05, 4.69) is 58.6 Å². The number of aliphatic imine (C=N–C) groups is 1. The standard InChI is InChI=1S/C17H28N4O/c1-14(2)20-17(18-3)19-12-15-6-4-5-7-16(15)13-21-8-10-22-11-9-21/h4-7,14H,8-13H2,1-3H3,(H2,18,19,20). The van der Waals surface area contributed by atoms with Crippen LogP contribution in [-0.2, 0) is 17.8 Å². The molecule has 0 amide bonds. The van der Waals surface area contributed by atoms with Crippen molar-refractivity contribution in [2.75, 3.05) is 33.4 Å². The second kappa shape index (κ2) is 8.76. The van der Waals surface area contributed by atoms with Crippen molar-refractivity contribution in [1.29, 1.82) is 0 Å². The second-order valence-electron chi connectivity index (χ2n) is 5.88. The molecule has 0 unspecified atom stereocenters. The molecular weight excluding hydrogens is 276 g/mol. The molecule has 0 saturated carbocycles. The van der Waals surface area contributed by atoms with Gasteiger partial charge in [-0.25, -0.2) is 0 Å². The lowest BCUT2D eigenvalue weighted by Crippen LogP contribution is -2.41. The first-order chi connectivity index (χ1) is 10.7. The summed E-state index contributed by atoms with van der Waals surface area (Å²) in [4.78, 5) is 6.70. The molecule has 2 rings (SSSR count). The highest BCUT2D eigenvalue weighted by molar-refractivity contribution is 5.79. The van der Waals surface area contributed by atoms with Gasteiger partial charge in [-0.2, -0.15) is 0 Å². The van der Waals surface area contributed by atoms with Crippen molar-refractivity contribution in [3.05, 3.63) is 35.4 Å². The van der Waals surface area contributed by atoms with E-state index in [1.165, 1.54) is 11.1 Å². The molecular formula is C17H28N4O. The minimum atomic E-state index is 0.370. The number of rotatable bonds is 5. The molecule has 1 aromatic carbocycles. The molecule has 1 aliphatic heterocycles. The van der Waals surface area contributed by atoms with Gasteiger partial charge in [0, 0.05) is 39.3 Å². The van der Waals surface area contributed by atoms with Crippen LogP contribution in [0.4, 0.5) is 0 Å². The van der Waals surface area contributed by atoms with E-state index in [9.17, 15) is 0 Å². The normalized spacial score (nSPS) is 16.8. The third-order valence-electron chi connectivity index (χ3n) is 3.71. The molecule has 2 N–H and O–H groups in total. The summed E-state index contributed by atoms with van der Waals surface area (Å²) in [7, 11) is 1.80. The van der Waals surface area contributed by atoms with Crippen molar-refractivity contribution in [2.45, 2.75) is 33.0 Å². The van der Waals surface area contributed by atoms with Gasteiger partial charge in [-0.1, -0.05) is 24.3 Å². The van der Waals surface area contributed by atoms with Gasteiger partial charge < -0.3 is 15.4 Å². The maximum Gasteiger partial charge on any atom is 0.191 e. The number of guanidine groups is 1. The van der Waals surface area contributed by atoms with Gasteiger partial charge in [-0.15, -0.1) is 0 Å². The summed E-state index contributed by atoms with van der Waals surface area (Å²) in [5.41, 5.74) is 2.69. The number of nitrogens with one attached hydrogen (secondary N) is 2. The predicted octanol–water partition coefficient (Wildman–Crippen LogP) is 1.59. The Morgan fingerprint density at radius 1 is 1.23 bits per heavy atom. The maximum absolute atomic E-state index is 5.42. The van der Waals surface area contributed by atoms with E-state index in [4.69, 9.17) is 4.74 Å². The van der Waals surface area contributed by atoms with Crippen LogP contribution in [0, 0.1) is 0 Å². The number of nitrogens with zero attached hydrogens (tertiary/aromatic N) is 2. The lowest BCUT2D eigenvalue weighted by molar-refractivity contribution is 0.0341. The van der Waals surface area contributed by atoms with Gasteiger partial charge in [-0.05, 0) is 25.0 Å². The SMILES string of the molecule is CN=C(NCc1ccccc1CN1CCOCC1)NC(C)C. The number of hydrogen-bond acceptors (Lipinski definition) is 3. The third-order valence-corrected chi connectivity index (χ3v) is 3.71. The Labute approximate surface area is 133 Å². The van der Waals surface area contributed by atoms with Gasteiger partial charge in [0.1, 0.15) is 0 Å². The molecule has 22 heavy (non-hydrogen) atoms. The fourth-order valence-corrected chi connectivity index (χ4v) is 2.53. The molecule has 0 spiro atoms. The Balaban J connectivity index is 1.95. The molecule has 0 aliphatic carbocycles. The monoisotopic (exact) mass is 304 g/mol. The minimum Gasteiger partial charge on any atom is -0.379 e. The molecule has 0 bridgehead atoms. The molecule has 1 saturated heterocycles. The van der Waals surface area contributed by atoms with Crippen LogP contribution in [0.25, 0.3) is 0 Å². The second-order valence-corrected chi connectivity index (χ2v) is 5.88. The number of hydrogen-bond donors (Lipinski definition) is 2. The molecule has 0 atom stereocenters. The van der Waals surface area contributed by atoms with Crippen LogP contribution in [0.5, 0.6) is 0 Å². The summed E-state index contributed by atoms with van der Waals surface area (Å²) in [5.74, 6) is 0.844. The summed E-state index contributed by atoms with van der Waals surface area (Å²) in [6, 6.07) is 8.98. The van der Waals surface area contributed by atoms with E-state index in [1.807, 2.05) is 0 Å².